The Morgan fingerprint density at radius 3 is 2.60 bits per heavy atom. The molecule has 0 aliphatic rings. The first kappa shape index (κ1) is 6.40. The molecule has 1 heterocycles. The number of nitrogens with zero attached hydrogens (tertiary/aromatic N) is 1. The first-order valence-corrected chi connectivity index (χ1v) is 2.36. The molecule has 0 spiro atoms. The van der Waals surface area contributed by atoms with Crippen molar-refractivity contribution in [3.8, 4) is 5.88 Å². The summed E-state index contributed by atoms with van der Waals surface area (Å²) in [4.78, 5) is 22.4. The Bertz CT molecular complexity index is 349. The molecule has 0 aromatic carbocycles. The molecule has 0 amide bonds. The van der Waals surface area contributed by atoms with Gasteiger partial charge in [-0.1, -0.05) is 4.73 Å². The van der Waals surface area contributed by atoms with E-state index in [1.807, 2.05) is 0 Å². The highest BCUT2D eigenvalue weighted by Gasteiger charge is 1.99. The van der Waals surface area contributed by atoms with Crippen molar-refractivity contribution >= 4 is 0 Å². The van der Waals surface area contributed by atoms with E-state index in [9.17, 15) is 9.59 Å². The molecule has 0 bridgehead atoms. The Morgan fingerprint density at radius 1 is 1.50 bits per heavy atom. The zero-order chi connectivity index (χ0) is 7.72. The molecular weight excluding hydrogens is 140 g/mol. The van der Waals surface area contributed by atoms with Crippen LogP contribution in [0.1, 0.15) is 0 Å². The molecule has 0 saturated carbocycles. The van der Waals surface area contributed by atoms with Gasteiger partial charge in [0.1, 0.15) is 0 Å². The molecule has 10 heavy (non-hydrogen) atoms. The van der Waals surface area contributed by atoms with Crippen molar-refractivity contribution in [3.05, 3.63) is 26.9 Å². The van der Waals surface area contributed by atoms with Gasteiger partial charge in [-0.15, -0.1) is 0 Å². The van der Waals surface area contributed by atoms with Gasteiger partial charge in [-0.05, 0) is 0 Å². The average molecular weight is 144 g/mol. The molecule has 0 aliphatic heterocycles. The summed E-state index contributed by atoms with van der Waals surface area (Å²) in [5.74, 6) is -0.784. The first-order chi connectivity index (χ1) is 4.61. The molecule has 1 aromatic heterocycles. The Hall–Kier alpha value is -1.72. The lowest BCUT2D eigenvalue weighted by molar-refractivity contribution is 0.138. The molecule has 3 N–H and O–H groups in total. The van der Waals surface area contributed by atoms with Crippen LogP contribution >= 0.6 is 0 Å². The predicted molar refractivity (Wildman–Crippen MR) is 30.2 cm³/mol. The van der Waals surface area contributed by atoms with Gasteiger partial charge >= 0.3 is 5.69 Å². The topological polar surface area (TPSA) is 95.3 Å². The third kappa shape index (κ3) is 0.859. The summed E-state index contributed by atoms with van der Waals surface area (Å²) in [5.41, 5.74) is -1.82. The Morgan fingerprint density at radius 2 is 2.10 bits per heavy atom. The largest absolute Gasteiger partial charge is 0.492 e. The first-order valence-electron chi connectivity index (χ1n) is 2.36. The molecule has 0 atom stereocenters. The molecule has 0 unspecified atom stereocenters. The molecule has 0 radical (unpaired) electrons. The lowest BCUT2D eigenvalue weighted by Gasteiger charge is -1.94. The van der Waals surface area contributed by atoms with Crippen LogP contribution in [0.2, 0.25) is 0 Å². The number of rotatable bonds is 0. The molecule has 0 fully saturated rings. The van der Waals surface area contributed by atoms with E-state index in [0.29, 0.717) is 6.07 Å². The SMILES string of the molecule is O=c1cc(O)n(O)c(=O)[nH]1. The zero-order valence-corrected chi connectivity index (χ0v) is 4.74. The number of hydrogen-bond donors (Lipinski definition) is 3. The van der Waals surface area contributed by atoms with E-state index >= 15 is 0 Å². The molecular formula is C4H4N2O4. The summed E-state index contributed by atoms with van der Waals surface area (Å²) in [7, 11) is 0. The summed E-state index contributed by atoms with van der Waals surface area (Å²) in [6, 6.07) is 0.682. The van der Waals surface area contributed by atoms with Gasteiger partial charge in [0.2, 0.25) is 5.88 Å². The molecule has 6 heteroatoms. The highest BCUT2D eigenvalue weighted by atomic mass is 16.5. The van der Waals surface area contributed by atoms with E-state index in [-0.39, 0.29) is 4.73 Å². The standard InChI is InChI=1S/C4H4N2O4/c7-2-1-3(8)6(10)4(9)5-2/h1,8,10H,(H,5,7,9). The molecule has 54 valence electrons. The Kier molecular flexibility index (Phi) is 1.22. The fourth-order valence-electron chi connectivity index (χ4n) is 0.477. The van der Waals surface area contributed by atoms with Crippen LogP contribution in [0.4, 0.5) is 0 Å². The number of nitrogens with one attached hydrogen (secondary N) is 1. The maximum Gasteiger partial charge on any atom is 0.364 e. The highest BCUT2D eigenvalue weighted by Crippen LogP contribution is 1.93. The van der Waals surface area contributed by atoms with Crippen molar-refractivity contribution in [1.29, 1.82) is 0 Å². The number of hydrogen-bond acceptors (Lipinski definition) is 4. The number of aromatic nitrogens is 2. The number of H-pyrrole nitrogens is 1. The Balaban J connectivity index is 3.62. The third-order valence-electron chi connectivity index (χ3n) is 0.900. The van der Waals surface area contributed by atoms with Crippen LogP contribution in [0.3, 0.4) is 0 Å². The van der Waals surface area contributed by atoms with E-state index < -0.39 is 17.1 Å². The van der Waals surface area contributed by atoms with E-state index in [1.54, 1.807) is 4.98 Å². The van der Waals surface area contributed by atoms with Gasteiger partial charge in [0.05, 0.1) is 6.07 Å². The molecule has 6 nitrogen and oxygen atoms in total. The summed E-state index contributed by atoms with van der Waals surface area (Å²) in [6.07, 6.45) is 0. The highest BCUT2D eigenvalue weighted by molar-refractivity contribution is 5.03. The lowest BCUT2D eigenvalue weighted by atomic mass is 10.6. The van der Waals surface area contributed by atoms with Crippen LogP contribution in [0.15, 0.2) is 15.7 Å². The van der Waals surface area contributed by atoms with Gasteiger partial charge < -0.3 is 10.3 Å². The lowest BCUT2D eigenvalue weighted by Crippen LogP contribution is -2.27. The zero-order valence-electron chi connectivity index (χ0n) is 4.74. The normalized spacial score (nSPS) is 9.60. The quantitative estimate of drug-likeness (QED) is 0.385. The molecule has 0 aliphatic carbocycles. The van der Waals surface area contributed by atoms with Crippen molar-refractivity contribution in [3.63, 3.8) is 0 Å². The van der Waals surface area contributed by atoms with Crippen LogP contribution < -0.4 is 11.2 Å². The number of aromatic hydroxyl groups is 1. The van der Waals surface area contributed by atoms with Gasteiger partial charge in [-0.25, -0.2) is 4.79 Å². The maximum atomic E-state index is 10.4. The maximum absolute atomic E-state index is 10.4. The van der Waals surface area contributed by atoms with E-state index in [2.05, 4.69) is 0 Å². The van der Waals surface area contributed by atoms with Crippen molar-refractivity contribution in [1.82, 2.24) is 9.71 Å². The summed E-state index contributed by atoms with van der Waals surface area (Å²) >= 11 is 0. The minimum Gasteiger partial charge on any atom is -0.492 e. The van der Waals surface area contributed by atoms with Gasteiger partial charge in [-0.3, -0.25) is 9.78 Å². The molecule has 0 saturated heterocycles. The van der Waals surface area contributed by atoms with Crippen molar-refractivity contribution in [2.45, 2.75) is 0 Å². The molecule has 1 rings (SSSR count). The minimum absolute atomic E-state index is 0.0681. The monoisotopic (exact) mass is 144 g/mol. The van der Waals surface area contributed by atoms with Crippen LogP contribution in [-0.2, 0) is 0 Å². The van der Waals surface area contributed by atoms with E-state index in [4.69, 9.17) is 10.3 Å². The van der Waals surface area contributed by atoms with Crippen LogP contribution in [0.5, 0.6) is 5.88 Å². The van der Waals surface area contributed by atoms with Gasteiger partial charge in [0.15, 0.2) is 0 Å². The Labute approximate surface area is 53.9 Å². The van der Waals surface area contributed by atoms with Gasteiger partial charge in [0, 0.05) is 0 Å². The average Bonchev–Trinajstić information content (AvgIpc) is 1.82. The smallest absolute Gasteiger partial charge is 0.364 e. The van der Waals surface area contributed by atoms with Gasteiger partial charge in [0.25, 0.3) is 5.56 Å². The second-order valence-corrected chi connectivity index (χ2v) is 1.61. The second-order valence-electron chi connectivity index (χ2n) is 1.61. The second kappa shape index (κ2) is 1.90. The third-order valence-corrected chi connectivity index (χ3v) is 0.900. The van der Waals surface area contributed by atoms with Crippen LogP contribution in [0, 0.1) is 0 Å². The predicted octanol–water partition coefficient (Wildman–Crippen LogP) is -1.52. The summed E-state index contributed by atoms with van der Waals surface area (Å²) in [5, 5.41) is 17.1. The van der Waals surface area contributed by atoms with E-state index in [1.165, 1.54) is 0 Å². The number of aromatic amines is 1. The van der Waals surface area contributed by atoms with Crippen molar-refractivity contribution in [2.24, 2.45) is 0 Å². The fourth-order valence-corrected chi connectivity index (χ4v) is 0.477. The fraction of sp³-hybridized carbons (Fsp3) is 0. The minimum atomic E-state index is -1.06. The van der Waals surface area contributed by atoms with Crippen molar-refractivity contribution in [2.75, 3.05) is 0 Å². The summed E-state index contributed by atoms with van der Waals surface area (Å²) < 4.78 is -0.0681. The van der Waals surface area contributed by atoms with Crippen LogP contribution in [0.25, 0.3) is 0 Å². The van der Waals surface area contributed by atoms with Crippen molar-refractivity contribution < 1.29 is 10.3 Å². The van der Waals surface area contributed by atoms with Crippen LogP contribution in [-0.4, -0.2) is 20.0 Å². The summed E-state index contributed by atoms with van der Waals surface area (Å²) in [6.45, 7) is 0. The van der Waals surface area contributed by atoms with Gasteiger partial charge in [-0.2, -0.15) is 0 Å². The molecule has 1 aromatic rings. The van der Waals surface area contributed by atoms with E-state index in [0.717, 1.165) is 0 Å².